The minimum absolute atomic E-state index is 0.172. The molecule has 0 radical (unpaired) electrons. The predicted octanol–water partition coefficient (Wildman–Crippen LogP) is 3.51. The quantitative estimate of drug-likeness (QED) is 0.511. The van der Waals surface area contributed by atoms with E-state index in [0.717, 1.165) is 12.1 Å². The van der Waals surface area contributed by atoms with Crippen LogP contribution in [0.25, 0.3) is 0 Å². The van der Waals surface area contributed by atoms with E-state index >= 15 is 0 Å². The fourth-order valence-corrected chi connectivity index (χ4v) is 4.17. The normalized spacial score (nSPS) is 15.3. The number of halogens is 3. The van der Waals surface area contributed by atoms with Gasteiger partial charge in [0.15, 0.2) is 0 Å². The molecule has 36 heavy (non-hydrogen) atoms. The largest absolute Gasteiger partial charge is 0.416 e. The number of likely N-dealkylation sites (tertiary alicyclic amines) is 1. The topological polar surface area (TPSA) is 87.7 Å². The number of rotatable bonds is 9. The highest BCUT2D eigenvalue weighted by atomic mass is 19.4. The Morgan fingerprint density at radius 1 is 1.00 bits per heavy atom. The maximum absolute atomic E-state index is 13.0. The molecule has 2 aromatic rings. The number of hydrogen-bond donors (Lipinski definition) is 2. The lowest BCUT2D eigenvalue weighted by Crippen LogP contribution is -2.54. The van der Waals surface area contributed by atoms with Crippen molar-refractivity contribution in [3.8, 4) is 0 Å². The summed E-state index contributed by atoms with van der Waals surface area (Å²) in [7, 11) is 1.57. The molecule has 1 atom stereocenters. The van der Waals surface area contributed by atoms with Crippen molar-refractivity contribution in [3.63, 3.8) is 0 Å². The van der Waals surface area contributed by atoms with E-state index in [1.807, 2.05) is 0 Å². The van der Waals surface area contributed by atoms with E-state index < -0.39 is 17.8 Å². The minimum atomic E-state index is -4.47. The number of hydrogen-bond acceptors (Lipinski definition) is 4. The van der Waals surface area contributed by atoms with Crippen LogP contribution in [-0.4, -0.2) is 62.0 Å². The molecule has 1 aliphatic heterocycles. The van der Waals surface area contributed by atoms with Crippen LogP contribution in [0.3, 0.4) is 0 Å². The van der Waals surface area contributed by atoms with Gasteiger partial charge in [0.2, 0.25) is 5.91 Å². The third kappa shape index (κ3) is 7.30. The summed E-state index contributed by atoms with van der Waals surface area (Å²) in [6.07, 6.45) is -2.93. The number of carbonyl (C=O) groups excluding carboxylic acids is 3. The van der Waals surface area contributed by atoms with Crippen molar-refractivity contribution in [3.05, 3.63) is 71.3 Å². The number of ether oxygens (including phenoxy) is 1. The van der Waals surface area contributed by atoms with E-state index in [-0.39, 0.29) is 29.2 Å². The Hall–Kier alpha value is -3.40. The van der Waals surface area contributed by atoms with E-state index in [4.69, 9.17) is 4.74 Å². The Morgan fingerprint density at radius 3 is 2.22 bits per heavy atom. The van der Waals surface area contributed by atoms with Crippen LogP contribution < -0.4 is 10.6 Å². The monoisotopic (exact) mass is 505 g/mol. The first-order valence-corrected chi connectivity index (χ1v) is 11.8. The molecule has 7 nitrogen and oxygen atoms in total. The first-order valence-electron chi connectivity index (χ1n) is 11.8. The van der Waals surface area contributed by atoms with E-state index in [0.29, 0.717) is 51.1 Å². The van der Waals surface area contributed by atoms with Gasteiger partial charge in [0.1, 0.15) is 6.04 Å². The number of methoxy groups -OCH3 is 1. The zero-order valence-electron chi connectivity index (χ0n) is 20.0. The van der Waals surface area contributed by atoms with Crippen molar-refractivity contribution in [2.75, 3.05) is 33.4 Å². The Labute approximate surface area is 208 Å². The summed E-state index contributed by atoms with van der Waals surface area (Å²) in [6, 6.07) is 11.9. The van der Waals surface area contributed by atoms with Gasteiger partial charge in [-0.05, 0) is 61.6 Å². The molecule has 2 aromatic carbocycles. The van der Waals surface area contributed by atoms with Gasteiger partial charge in [-0.1, -0.05) is 18.2 Å². The van der Waals surface area contributed by atoms with Crippen molar-refractivity contribution in [2.24, 2.45) is 5.92 Å². The first kappa shape index (κ1) is 27.2. The van der Waals surface area contributed by atoms with Crippen molar-refractivity contribution < 1.29 is 32.3 Å². The second-order valence-electron chi connectivity index (χ2n) is 8.66. The third-order valence-corrected chi connectivity index (χ3v) is 6.19. The average molecular weight is 506 g/mol. The Morgan fingerprint density at radius 2 is 1.64 bits per heavy atom. The standard InChI is InChI=1S/C26H30F3N3O4/c1-36-17-5-14-30-24(34)22(31-23(33)19-6-3-2-4-7-19)18-12-15-32(16-13-18)25(35)20-8-10-21(11-9-20)26(27,28)29/h2-4,6-11,18,22H,5,12-17H2,1H3,(H,30,34)(H,31,33)/t22-/m0/s1. The van der Waals surface area contributed by atoms with Crippen LogP contribution in [0.2, 0.25) is 0 Å². The van der Waals surface area contributed by atoms with Crippen LogP contribution >= 0.6 is 0 Å². The molecule has 0 bridgehead atoms. The molecule has 1 heterocycles. The molecule has 0 unspecified atom stereocenters. The Balaban J connectivity index is 1.64. The Kier molecular flexibility index (Phi) is 9.46. The second kappa shape index (κ2) is 12.5. The molecule has 1 aliphatic rings. The zero-order chi connectivity index (χ0) is 26.1. The zero-order valence-corrected chi connectivity index (χ0v) is 20.0. The van der Waals surface area contributed by atoms with Gasteiger partial charge in [-0.25, -0.2) is 0 Å². The van der Waals surface area contributed by atoms with Gasteiger partial charge in [-0.2, -0.15) is 13.2 Å². The lowest BCUT2D eigenvalue weighted by Gasteiger charge is -2.36. The lowest BCUT2D eigenvalue weighted by molar-refractivity contribution is -0.137. The van der Waals surface area contributed by atoms with Crippen LogP contribution in [0.5, 0.6) is 0 Å². The molecule has 10 heteroatoms. The highest BCUT2D eigenvalue weighted by Crippen LogP contribution is 2.29. The highest BCUT2D eigenvalue weighted by molar-refractivity contribution is 5.97. The van der Waals surface area contributed by atoms with Crippen molar-refractivity contribution in [1.29, 1.82) is 0 Å². The van der Waals surface area contributed by atoms with Crippen LogP contribution in [0.4, 0.5) is 13.2 Å². The number of benzene rings is 2. The van der Waals surface area contributed by atoms with E-state index in [1.165, 1.54) is 12.1 Å². The maximum Gasteiger partial charge on any atom is 0.416 e. The number of amides is 3. The summed E-state index contributed by atoms with van der Waals surface area (Å²) >= 11 is 0. The number of nitrogens with zero attached hydrogens (tertiary/aromatic N) is 1. The predicted molar refractivity (Wildman–Crippen MR) is 127 cm³/mol. The minimum Gasteiger partial charge on any atom is -0.385 e. The maximum atomic E-state index is 13.0. The van der Waals surface area contributed by atoms with Gasteiger partial charge in [0, 0.05) is 44.5 Å². The summed E-state index contributed by atoms with van der Waals surface area (Å²) in [5, 5.41) is 5.69. The first-order chi connectivity index (χ1) is 17.2. The second-order valence-corrected chi connectivity index (χ2v) is 8.66. The van der Waals surface area contributed by atoms with Gasteiger partial charge in [0.05, 0.1) is 5.56 Å². The van der Waals surface area contributed by atoms with Crippen LogP contribution in [0, 0.1) is 5.92 Å². The lowest BCUT2D eigenvalue weighted by atomic mass is 9.88. The molecule has 194 valence electrons. The SMILES string of the molecule is COCCCNC(=O)[C@@H](NC(=O)c1ccccc1)C1CCN(C(=O)c2ccc(C(F)(F)F)cc2)CC1. The summed E-state index contributed by atoms with van der Waals surface area (Å²) < 4.78 is 43.4. The average Bonchev–Trinajstić information content (AvgIpc) is 2.89. The summed E-state index contributed by atoms with van der Waals surface area (Å²) in [4.78, 5) is 40.1. The highest BCUT2D eigenvalue weighted by Gasteiger charge is 2.35. The molecule has 1 fully saturated rings. The fraction of sp³-hybridized carbons (Fsp3) is 0.423. The van der Waals surface area contributed by atoms with Crippen LogP contribution in [0.15, 0.2) is 54.6 Å². The molecule has 0 aromatic heterocycles. The summed E-state index contributed by atoms with van der Waals surface area (Å²) in [5.74, 6) is -1.24. The fourth-order valence-electron chi connectivity index (χ4n) is 4.17. The summed E-state index contributed by atoms with van der Waals surface area (Å²) in [6.45, 7) is 1.53. The van der Waals surface area contributed by atoms with E-state index in [2.05, 4.69) is 10.6 Å². The molecule has 3 rings (SSSR count). The molecule has 0 aliphatic carbocycles. The van der Waals surface area contributed by atoms with Gasteiger partial charge >= 0.3 is 6.18 Å². The molecule has 1 saturated heterocycles. The van der Waals surface area contributed by atoms with E-state index in [1.54, 1.807) is 42.3 Å². The van der Waals surface area contributed by atoms with Gasteiger partial charge in [0.25, 0.3) is 11.8 Å². The third-order valence-electron chi connectivity index (χ3n) is 6.19. The molecular weight excluding hydrogens is 475 g/mol. The molecular formula is C26H30F3N3O4. The summed E-state index contributed by atoms with van der Waals surface area (Å²) in [5.41, 5.74) is -0.206. The van der Waals surface area contributed by atoms with Crippen molar-refractivity contribution in [1.82, 2.24) is 15.5 Å². The Bertz CT molecular complexity index is 1020. The van der Waals surface area contributed by atoms with Gasteiger partial charge in [-0.3, -0.25) is 14.4 Å². The number of alkyl halides is 3. The number of piperidine rings is 1. The van der Waals surface area contributed by atoms with Crippen LogP contribution in [0.1, 0.15) is 45.5 Å². The van der Waals surface area contributed by atoms with Crippen molar-refractivity contribution >= 4 is 17.7 Å². The van der Waals surface area contributed by atoms with E-state index in [9.17, 15) is 27.6 Å². The van der Waals surface area contributed by atoms with Gasteiger partial charge < -0.3 is 20.3 Å². The molecule has 2 N–H and O–H groups in total. The van der Waals surface area contributed by atoms with Crippen LogP contribution in [-0.2, 0) is 15.7 Å². The number of nitrogens with one attached hydrogen (secondary N) is 2. The molecule has 3 amide bonds. The smallest absolute Gasteiger partial charge is 0.385 e. The van der Waals surface area contributed by atoms with Crippen molar-refractivity contribution in [2.45, 2.75) is 31.5 Å². The van der Waals surface area contributed by atoms with Gasteiger partial charge in [-0.15, -0.1) is 0 Å². The number of carbonyl (C=O) groups is 3. The molecule has 0 saturated carbocycles. The molecule has 0 spiro atoms.